The second kappa shape index (κ2) is 7.18. The van der Waals surface area contributed by atoms with Crippen molar-refractivity contribution in [3.05, 3.63) is 65.7 Å². The van der Waals surface area contributed by atoms with Crippen molar-refractivity contribution in [3.8, 4) is 0 Å². The van der Waals surface area contributed by atoms with E-state index in [1.54, 1.807) is 30.3 Å². The zero-order valence-electron chi connectivity index (χ0n) is 13.4. The van der Waals surface area contributed by atoms with Crippen LogP contribution in [0.2, 0.25) is 0 Å². The zero-order valence-corrected chi connectivity index (χ0v) is 14.3. The molecule has 1 aliphatic carbocycles. The Hall–Kier alpha value is -2.14. The monoisotopic (exact) mass is 343 g/mol. The number of carbonyl (C=O) groups excluding carboxylic acids is 1. The third kappa shape index (κ3) is 3.85. The molecular weight excluding hydrogens is 322 g/mol. The zero-order chi connectivity index (χ0) is 17.0. The number of amides is 1. The molecule has 1 atom stereocenters. The fourth-order valence-corrected chi connectivity index (χ4v) is 4.40. The lowest BCUT2D eigenvalue weighted by Crippen LogP contribution is -2.32. The van der Waals surface area contributed by atoms with Gasteiger partial charge in [-0.15, -0.1) is 0 Å². The van der Waals surface area contributed by atoms with Crippen molar-refractivity contribution in [1.29, 1.82) is 0 Å². The fourth-order valence-electron chi connectivity index (χ4n) is 3.14. The van der Waals surface area contributed by atoms with Crippen LogP contribution in [0.5, 0.6) is 0 Å². The average molecular weight is 343 g/mol. The number of carbonyl (C=O) groups is 1. The second-order valence-corrected chi connectivity index (χ2v) is 8.20. The van der Waals surface area contributed by atoms with E-state index in [-0.39, 0.29) is 29.0 Å². The summed E-state index contributed by atoms with van der Waals surface area (Å²) in [5, 5.41) is 3.00. The molecule has 5 heteroatoms. The maximum absolute atomic E-state index is 12.2. The highest BCUT2D eigenvalue weighted by Crippen LogP contribution is 2.29. The van der Waals surface area contributed by atoms with Crippen LogP contribution in [0, 0.1) is 0 Å². The minimum atomic E-state index is -3.42. The SMILES string of the molecule is O=C(CCS(=O)(=O)c1ccccc1)N[C@@H]1CCCc2ccccc21. The van der Waals surface area contributed by atoms with E-state index in [1.165, 1.54) is 5.56 Å². The molecule has 0 unspecified atom stereocenters. The van der Waals surface area contributed by atoms with E-state index in [0.29, 0.717) is 0 Å². The molecule has 0 aromatic heterocycles. The molecule has 0 heterocycles. The van der Waals surface area contributed by atoms with Gasteiger partial charge in [0.2, 0.25) is 5.91 Å². The first kappa shape index (κ1) is 16.7. The largest absolute Gasteiger partial charge is 0.349 e. The van der Waals surface area contributed by atoms with Crippen LogP contribution in [-0.4, -0.2) is 20.1 Å². The standard InChI is InChI=1S/C19H21NO3S/c21-19(13-14-24(22,23)16-9-2-1-3-10-16)20-18-12-6-8-15-7-4-5-11-17(15)18/h1-5,7,9-11,18H,6,8,12-14H2,(H,20,21)/t18-/m1/s1. The molecule has 0 fully saturated rings. The molecule has 0 saturated carbocycles. The second-order valence-electron chi connectivity index (χ2n) is 6.09. The van der Waals surface area contributed by atoms with E-state index in [0.717, 1.165) is 24.8 Å². The summed E-state index contributed by atoms with van der Waals surface area (Å²) < 4.78 is 24.5. The molecule has 0 saturated heterocycles. The molecule has 0 radical (unpaired) electrons. The Balaban J connectivity index is 1.61. The Kier molecular flexibility index (Phi) is 5.00. The van der Waals surface area contributed by atoms with Gasteiger partial charge >= 0.3 is 0 Å². The summed E-state index contributed by atoms with van der Waals surface area (Å²) in [7, 11) is -3.42. The highest BCUT2D eigenvalue weighted by Gasteiger charge is 2.22. The Morgan fingerprint density at radius 1 is 1.04 bits per heavy atom. The number of hydrogen-bond donors (Lipinski definition) is 1. The molecule has 126 valence electrons. The number of nitrogens with one attached hydrogen (secondary N) is 1. The third-order valence-electron chi connectivity index (χ3n) is 4.40. The van der Waals surface area contributed by atoms with Crippen LogP contribution in [0.4, 0.5) is 0 Å². The quantitative estimate of drug-likeness (QED) is 0.907. The first-order valence-electron chi connectivity index (χ1n) is 8.21. The van der Waals surface area contributed by atoms with Crippen LogP contribution in [0.15, 0.2) is 59.5 Å². The Bertz CT molecular complexity index is 816. The van der Waals surface area contributed by atoms with Crippen LogP contribution in [0.25, 0.3) is 0 Å². The van der Waals surface area contributed by atoms with E-state index >= 15 is 0 Å². The van der Waals surface area contributed by atoms with Crippen LogP contribution in [0.3, 0.4) is 0 Å². The summed E-state index contributed by atoms with van der Waals surface area (Å²) in [6.45, 7) is 0. The van der Waals surface area contributed by atoms with Gasteiger partial charge in [-0.05, 0) is 42.5 Å². The molecule has 24 heavy (non-hydrogen) atoms. The molecule has 1 amide bonds. The Morgan fingerprint density at radius 2 is 1.75 bits per heavy atom. The van der Waals surface area contributed by atoms with E-state index in [9.17, 15) is 13.2 Å². The third-order valence-corrected chi connectivity index (χ3v) is 6.14. The Labute approximate surface area is 142 Å². The van der Waals surface area contributed by atoms with Gasteiger partial charge in [0, 0.05) is 6.42 Å². The van der Waals surface area contributed by atoms with Crippen molar-refractivity contribution in [2.75, 3.05) is 5.75 Å². The van der Waals surface area contributed by atoms with E-state index in [1.807, 2.05) is 18.2 Å². The number of sulfone groups is 1. The molecule has 1 N–H and O–H groups in total. The van der Waals surface area contributed by atoms with Gasteiger partial charge in [-0.2, -0.15) is 0 Å². The maximum atomic E-state index is 12.2. The number of hydrogen-bond acceptors (Lipinski definition) is 3. The molecule has 2 aromatic rings. The highest BCUT2D eigenvalue weighted by molar-refractivity contribution is 7.91. The molecule has 1 aliphatic rings. The van der Waals surface area contributed by atoms with Gasteiger partial charge in [0.05, 0.1) is 16.7 Å². The number of rotatable bonds is 5. The van der Waals surface area contributed by atoms with Crippen LogP contribution >= 0.6 is 0 Å². The highest BCUT2D eigenvalue weighted by atomic mass is 32.2. The van der Waals surface area contributed by atoms with Gasteiger partial charge in [-0.25, -0.2) is 8.42 Å². The van der Waals surface area contributed by atoms with Gasteiger partial charge in [-0.3, -0.25) is 4.79 Å². The van der Waals surface area contributed by atoms with Gasteiger partial charge in [0.25, 0.3) is 0 Å². The molecule has 2 aromatic carbocycles. The normalized spacial score (nSPS) is 17.1. The maximum Gasteiger partial charge on any atom is 0.221 e. The summed E-state index contributed by atoms with van der Waals surface area (Å²) in [4.78, 5) is 12.5. The summed E-state index contributed by atoms with van der Waals surface area (Å²) in [5.41, 5.74) is 2.42. The number of fused-ring (bicyclic) bond motifs is 1. The first-order valence-corrected chi connectivity index (χ1v) is 9.86. The molecule has 4 nitrogen and oxygen atoms in total. The van der Waals surface area contributed by atoms with E-state index in [2.05, 4.69) is 11.4 Å². The van der Waals surface area contributed by atoms with Gasteiger partial charge in [0.15, 0.2) is 9.84 Å². The summed E-state index contributed by atoms with van der Waals surface area (Å²) >= 11 is 0. The summed E-state index contributed by atoms with van der Waals surface area (Å²) in [6.07, 6.45) is 2.94. The van der Waals surface area contributed by atoms with Gasteiger partial charge < -0.3 is 5.32 Å². The van der Waals surface area contributed by atoms with Gasteiger partial charge in [0.1, 0.15) is 0 Å². The van der Waals surface area contributed by atoms with Crippen LogP contribution in [0.1, 0.15) is 36.4 Å². The van der Waals surface area contributed by atoms with Crippen LogP contribution in [-0.2, 0) is 21.1 Å². The molecule has 0 bridgehead atoms. The predicted octanol–water partition coefficient (Wildman–Crippen LogP) is 3.04. The van der Waals surface area contributed by atoms with Crippen LogP contribution < -0.4 is 5.32 Å². The predicted molar refractivity (Wildman–Crippen MR) is 93.4 cm³/mol. The molecular formula is C19H21NO3S. The molecule has 0 aliphatic heterocycles. The van der Waals surface area contributed by atoms with Crippen molar-refractivity contribution in [2.24, 2.45) is 0 Å². The van der Waals surface area contributed by atoms with Gasteiger partial charge in [-0.1, -0.05) is 42.5 Å². The average Bonchev–Trinajstić information content (AvgIpc) is 2.61. The lowest BCUT2D eigenvalue weighted by molar-refractivity contribution is -0.121. The fraction of sp³-hybridized carbons (Fsp3) is 0.316. The molecule has 0 spiro atoms. The smallest absolute Gasteiger partial charge is 0.221 e. The van der Waals surface area contributed by atoms with E-state index in [4.69, 9.17) is 0 Å². The van der Waals surface area contributed by atoms with E-state index < -0.39 is 9.84 Å². The first-order chi connectivity index (χ1) is 11.6. The summed E-state index contributed by atoms with van der Waals surface area (Å²) in [6, 6.07) is 16.4. The van der Waals surface area contributed by atoms with Crippen molar-refractivity contribution < 1.29 is 13.2 Å². The minimum Gasteiger partial charge on any atom is -0.349 e. The lowest BCUT2D eigenvalue weighted by Gasteiger charge is -2.26. The lowest BCUT2D eigenvalue weighted by atomic mass is 9.88. The number of aryl methyl sites for hydroxylation is 1. The molecule has 3 rings (SSSR count). The van der Waals surface area contributed by atoms with Crippen molar-refractivity contribution >= 4 is 15.7 Å². The topological polar surface area (TPSA) is 63.2 Å². The van der Waals surface area contributed by atoms with Crippen molar-refractivity contribution in [1.82, 2.24) is 5.32 Å². The van der Waals surface area contributed by atoms with Crippen molar-refractivity contribution in [2.45, 2.75) is 36.6 Å². The minimum absolute atomic E-state index is 0.0121. The Morgan fingerprint density at radius 3 is 2.54 bits per heavy atom. The number of benzene rings is 2. The summed E-state index contributed by atoms with van der Waals surface area (Å²) in [5.74, 6) is -0.381. The van der Waals surface area contributed by atoms with Crippen molar-refractivity contribution in [3.63, 3.8) is 0 Å².